The highest BCUT2D eigenvalue weighted by molar-refractivity contribution is 5.94. The fraction of sp³-hybridized carbons (Fsp3) is 0.238. The van der Waals surface area contributed by atoms with Crippen molar-refractivity contribution in [2.24, 2.45) is 0 Å². The number of nitriles is 1. The molecular formula is C21H20N4O. The quantitative estimate of drug-likeness (QED) is 0.734. The maximum absolute atomic E-state index is 12.5. The summed E-state index contributed by atoms with van der Waals surface area (Å²) in [4.78, 5) is 16.8. The van der Waals surface area contributed by atoms with Gasteiger partial charge in [0.2, 0.25) is 0 Å². The van der Waals surface area contributed by atoms with Crippen LogP contribution in [0.5, 0.6) is 0 Å². The van der Waals surface area contributed by atoms with E-state index >= 15 is 0 Å². The monoisotopic (exact) mass is 344 g/mol. The zero-order valence-electron chi connectivity index (χ0n) is 14.5. The van der Waals surface area contributed by atoms with Crippen molar-refractivity contribution in [3.63, 3.8) is 0 Å². The molecule has 0 atom stereocenters. The zero-order valence-corrected chi connectivity index (χ0v) is 14.5. The second-order valence-electron chi connectivity index (χ2n) is 6.57. The van der Waals surface area contributed by atoms with Gasteiger partial charge < -0.3 is 9.30 Å². The molecule has 3 aromatic rings. The van der Waals surface area contributed by atoms with Gasteiger partial charge in [-0.2, -0.15) is 5.26 Å². The molecule has 1 amide bonds. The Bertz CT molecular complexity index is 963. The van der Waals surface area contributed by atoms with Crippen LogP contribution in [-0.4, -0.2) is 46.3 Å². The van der Waals surface area contributed by atoms with Crippen molar-refractivity contribution in [2.45, 2.75) is 6.54 Å². The van der Waals surface area contributed by atoms with Crippen LogP contribution in [-0.2, 0) is 6.54 Å². The Labute approximate surface area is 152 Å². The van der Waals surface area contributed by atoms with Crippen LogP contribution in [0.2, 0.25) is 0 Å². The standard InChI is InChI=1S/C21H20N4O/c22-14-19-18(16-25-9-5-4-8-20(19)25)15-23-10-12-24(13-11-23)21(26)17-6-2-1-3-7-17/h1-9,16H,10-13,15H2. The molecule has 1 aromatic carbocycles. The maximum Gasteiger partial charge on any atom is 0.253 e. The topological polar surface area (TPSA) is 51.8 Å². The SMILES string of the molecule is N#Cc1c(CN2CCN(C(=O)c3ccccc3)CC2)cn2ccccc12. The van der Waals surface area contributed by atoms with Gasteiger partial charge in [-0.1, -0.05) is 24.3 Å². The van der Waals surface area contributed by atoms with Crippen molar-refractivity contribution in [2.75, 3.05) is 26.2 Å². The summed E-state index contributed by atoms with van der Waals surface area (Å²) in [6.07, 6.45) is 4.01. The van der Waals surface area contributed by atoms with Crippen molar-refractivity contribution in [1.29, 1.82) is 5.26 Å². The van der Waals surface area contributed by atoms with Gasteiger partial charge in [-0.05, 0) is 24.3 Å². The Morgan fingerprint density at radius 2 is 1.73 bits per heavy atom. The molecule has 130 valence electrons. The van der Waals surface area contributed by atoms with Gasteiger partial charge >= 0.3 is 0 Å². The molecule has 1 fully saturated rings. The van der Waals surface area contributed by atoms with E-state index in [0.29, 0.717) is 13.1 Å². The molecular weight excluding hydrogens is 324 g/mol. The fourth-order valence-corrected chi connectivity index (χ4v) is 3.54. The smallest absolute Gasteiger partial charge is 0.253 e. The second-order valence-corrected chi connectivity index (χ2v) is 6.57. The highest BCUT2D eigenvalue weighted by Gasteiger charge is 2.23. The molecule has 3 heterocycles. The molecule has 0 N–H and O–H groups in total. The molecule has 0 aliphatic carbocycles. The van der Waals surface area contributed by atoms with Gasteiger partial charge in [0.05, 0.1) is 11.1 Å². The summed E-state index contributed by atoms with van der Waals surface area (Å²) >= 11 is 0. The van der Waals surface area contributed by atoms with Crippen molar-refractivity contribution in [3.8, 4) is 6.07 Å². The number of benzene rings is 1. The Balaban J connectivity index is 1.43. The van der Waals surface area contributed by atoms with Crippen LogP contribution in [0.4, 0.5) is 0 Å². The number of aromatic nitrogens is 1. The molecule has 2 aromatic heterocycles. The molecule has 0 unspecified atom stereocenters. The molecule has 5 nitrogen and oxygen atoms in total. The van der Waals surface area contributed by atoms with Crippen LogP contribution in [0.3, 0.4) is 0 Å². The number of rotatable bonds is 3. The molecule has 1 saturated heterocycles. The third kappa shape index (κ3) is 3.07. The van der Waals surface area contributed by atoms with Gasteiger partial charge in [0.1, 0.15) is 6.07 Å². The predicted molar refractivity (Wildman–Crippen MR) is 99.7 cm³/mol. The number of piperazine rings is 1. The predicted octanol–water partition coefficient (Wildman–Crippen LogP) is 2.77. The lowest BCUT2D eigenvalue weighted by Gasteiger charge is -2.34. The number of carbonyl (C=O) groups excluding carboxylic acids is 1. The summed E-state index contributed by atoms with van der Waals surface area (Å²) in [5.74, 6) is 0.0950. The maximum atomic E-state index is 12.5. The summed E-state index contributed by atoms with van der Waals surface area (Å²) in [5, 5.41) is 9.54. The van der Waals surface area contributed by atoms with E-state index < -0.39 is 0 Å². The third-order valence-electron chi connectivity index (χ3n) is 4.95. The minimum absolute atomic E-state index is 0.0950. The largest absolute Gasteiger partial charge is 0.336 e. The van der Waals surface area contributed by atoms with Gasteiger partial charge in [-0.3, -0.25) is 9.69 Å². The lowest BCUT2D eigenvalue weighted by Crippen LogP contribution is -2.48. The van der Waals surface area contributed by atoms with Gasteiger partial charge in [0.15, 0.2) is 0 Å². The van der Waals surface area contributed by atoms with Crippen LogP contribution in [0.1, 0.15) is 21.5 Å². The normalized spacial score (nSPS) is 15.1. The summed E-state index contributed by atoms with van der Waals surface area (Å²) in [6, 6.07) is 17.7. The average Bonchev–Trinajstić information content (AvgIpc) is 3.05. The van der Waals surface area contributed by atoms with Crippen LogP contribution < -0.4 is 0 Å². The number of hydrogen-bond acceptors (Lipinski definition) is 3. The van der Waals surface area contributed by atoms with Crippen molar-refractivity contribution in [3.05, 3.63) is 77.6 Å². The summed E-state index contributed by atoms with van der Waals surface area (Å²) in [7, 11) is 0. The lowest BCUT2D eigenvalue weighted by molar-refractivity contribution is 0.0628. The number of nitrogens with zero attached hydrogens (tertiary/aromatic N) is 4. The van der Waals surface area contributed by atoms with Crippen molar-refractivity contribution in [1.82, 2.24) is 14.2 Å². The molecule has 0 saturated carbocycles. The van der Waals surface area contributed by atoms with Crippen LogP contribution in [0, 0.1) is 11.3 Å². The molecule has 0 bridgehead atoms. The Morgan fingerprint density at radius 1 is 1.00 bits per heavy atom. The van der Waals surface area contributed by atoms with E-state index in [1.165, 1.54) is 0 Å². The lowest BCUT2D eigenvalue weighted by atomic mass is 10.1. The van der Waals surface area contributed by atoms with E-state index in [0.717, 1.165) is 41.8 Å². The Kier molecular flexibility index (Phi) is 4.42. The first-order valence-corrected chi connectivity index (χ1v) is 8.81. The van der Waals surface area contributed by atoms with E-state index in [1.54, 1.807) is 0 Å². The molecule has 26 heavy (non-hydrogen) atoms. The number of carbonyl (C=O) groups is 1. The number of pyridine rings is 1. The Hall–Kier alpha value is -3.10. The van der Waals surface area contributed by atoms with Crippen LogP contribution in [0.25, 0.3) is 5.52 Å². The van der Waals surface area contributed by atoms with E-state index in [9.17, 15) is 10.1 Å². The molecule has 0 radical (unpaired) electrons. The van der Waals surface area contributed by atoms with E-state index in [1.807, 2.05) is 70.2 Å². The highest BCUT2D eigenvalue weighted by Crippen LogP contribution is 2.20. The number of hydrogen-bond donors (Lipinski definition) is 0. The molecule has 4 rings (SSSR count). The fourth-order valence-electron chi connectivity index (χ4n) is 3.54. The Morgan fingerprint density at radius 3 is 2.46 bits per heavy atom. The van der Waals surface area contributed by atoms with Gasteiger partial charge in [0.25, 0.3) is 5.91 Å². The first-order valence-electron chi connectivity index (χ1n) is 8.81. The van der Waals surface area contributed by atoms with Crippen molar-refractivity contribution < 1.29 is 4.79 Å². The minimum atomic E-state index is 0.0950. The van der Waals surface area contributed by atoms with E-state index in [-0.39, 0.29) is 5.91 Å². The third-order valence-corrected chi connectivity index (χ3v) is 4.95. The van der Waals surface area contributed by atoms with Gasteiger partial charge in [-0.25, -0.2) is 0 Å². The molecule has 5 heteroatoms. The van der Waals surface area contributed by atoms with Gasteiger partial charge in [0, 0.05) is 56.2 Å². The second kappa shape index (κ2) is 7.03. The average molecular weight is 344 g/mol. The van der Waals surface area contributed by atoms with Crippen LogP contribution in [0.15, 0.2) is 60.9 Å². The number of amides is 1. The summed E-state index contributed by atoms with van der Waals surface area (Å²) in [6.45, 7) is 3.79. The molecule has 0 spiro atoms. The molecule has 1 aliphatic rings. The van der Waals surface area contributed by atoms with Crippen LogP contribution >= 0.6 is 0 Å². The van der Waals surface area contributed by atoms with E-state index in [2.05, 4.69) is 11.0 Å². The molecule has 1 aliphatic heterocycles. The van der Waals surface area contributed by atoms with Gasteiger partial charge in [-0.15, -0.1) is 0 Å². The van der Waals surface area contributed by atoms with Crippen molar-refractivity contribution >= 4 is 11.4 Å². The summed E-state index contributed by atoms with van der Waals surface area (Å²) < 4.78 is 2.00. The minimum Gasteiger partial charge on any atom is -0.336 e. The first-order chi connectivity index (χ1) is 12.8. The first kappa shape index (κ1) is 16.4. The highest BCUT2D eigenvalue weighted by atomic mass is 16.2. The number of fused-ring (bicyclic) bond motifs is 1. The van der Waals surface area contributed by atoms with E-state index in [4.69, 9.17) is 0 Å². The zero-order chi connectivity index (χ0) is 17.9. The summed E-state index contributed by atoms with van der Waals surface area (Å²) in [5.41, 5.74) is 3.48.